The SMILES string of the molecule is CC(C)(CNC1CC1)c1ccccc1Cl. The maximum Gasteiger partial charge on any atom is 0.0443 e. The van der Waals surface area contributed by atoms with Gasteiger partial charge in [0.2, 0.25) is 0 Å². The van der Waals surface area contributed by atoms with Crippen molar-refractivity contribution < 1.29 is 0 Å². The molecule has 0 spiro atoms. The molecule has 0 amide bonds. The Hall–Kier alpha value is -0.530. The van der Waals surface area contributed by atoms with Gasteiger partial charge >= 0.3 is 0 Å². The molecule has 0 unspecified atom stereocenters. The van der Waals surface area contributed by atoms with Gasteiger partial charge in [0.25, 0.3) is 0 Å². The highest BCUT2D eigenvalue weighted by atomic mass is 35.5. The van der Waals surface area contributed by atoms with Gasteiger partial charge in [0.1, 0.15) is 0 Å². The van der Waals surface area contributed by atoms with E-state index in [-0.39, 0.29) is 5.41 Å². The molecule has 0 aliphatic heterocycles. The zero-order chi connectivity index (χ0) is 10.9. The highest BCUT2D eigenvalue weighted by Crippen LogP contribution is 2.30. The summed E-state index contributed by atoms with van der Waals surface area (Å²) in [6, 6.07) is 8.88. The fourth-order valence-corrected chi connectivity index (χ4v) is 2.18. The fraction of sp³-hybridized carbons (Fsp3) is 0.538. The van der Waals surface area contributed by atoms with Gasteiger partial charge in [-0.05, 0) is 24.5 Å². The Morgan fingerprint density at radius 2 is 2.00 bits per heavy atom. The smallest absolute Gasteiger partial charge is 0.0443 e. The Bertz CT molecular complexity index is 342. The van der Waals surface area contributed by atoms with Crippen LogP contribution in [0.4, 0.5) is 0 Å². The van der Waals surface area contributed by atoms with E-state index in [1.165, 1.54) is 18.4 Å². The number of hydrogen-bond acceptors (Lipinski definition) is 1. The van der Waals surface area contributed by atoms with Crippen LogP contribution in [0, 0.1) is 0 Å². The molecule has 15 heavy (non-hydrogen) atoms. The second-order valence-corrected chi connectivity index (χ2v) is 5.43. The molecule has 2 rings (SSSR count). The lowest BCUT2D eigenvalue weighted by Gasteiger charge is -2.26. The van der Waals surface area contributed by atoms with Crippen LogP contribution in [0.3, 0.4) is 0 Å². The molecule has 1 fully saturated rings. The number of rotatable bonds is 4. The van der Waals surface area contributed by atoms with Crippen molar-refractivity contribution >= 4 is 11.6 Å². The zero-order valence-electron chi connectivity index (χ0n) is 9.39. The van der Waals surface area contributed by atoms with Gasteiger partial charge in [-0.1, -0.05) is 43.6 Å². The van der Waals surface area contributed by atoms with Crippen molar-refractivity contribution in [2.24, 2.45) is 0 Å². The molecule has 1 aromatic carbocycles. The molecule has 0 saturated heterocycles. The molecule has 1 aliphatic carbocycles. The van der Waals surface area contributed by atoms with Crippen LogP contribution in [0.5, 0.6) is 0 Å². The summed E-state index contributed by atoms with van der Waals surface area (Å²) in [5, 5.41) is 4.44. The molecule has 0 bridgehead atoms. The first-order valence-electron chi connectivity index (χ1n) is 5.58. The van der Waals surface area contributed by atoms with Crippen LogP contribution >= 0.6 is 11.6 Å². The second-order valence-electron chi connectivity index (χ2n) is 5.02. The third-order valence-electron chi connectivity index (χ3n) is 3.01. The minimum atomic E-state index is 0.112. The van der Waals surface area contributed by atoms with Crippen molar-refractivity contribution in [3.8, 4) is 0 Å². The summed E-state index contributed by atoms with van der Waals surface area (Å²) in [5.41, 5.74) is 1.35. The first kappa shape index (κ1) is 11.0. The monoisotopic (exact) mass is 223 g/mol. The summed E-state index contributed by atoms with van der Waals surface area (Å²) in [6.45, 7) is 5.48. The summed E-state index contributed by atoms with van der Waals surface area (Å²) in [4.78, 5) is 0. The van der Waals surface area contributed by atoms with E-state index in [0.29, 0.717) is 0 Å². The molecule has 2 heteroatoms. The largest absolute Gasteiger partial charge is 0.313 e. The molecule has 0 heterocycles. The van der Waals surface area contributed by atoms with Gasteiger partial charge in [0, 0.05) is 23.0 Å². The Balaban J connectivity index is 2.08. The van der Waals surface area contributed by atoms with Gasteiger partial charge in [-0.15, -0.1) is 0 Å². The van der Waals surface area contributed by atoms with Gasteiger partial charge in [-0.2, -0.15) is 0 Å². The summed E-state index contributed by atoms with van der Waals surface area (Å²) >= 11 is 6.21. The number of nitrogens with one attached hydrogen (secondary N) is 1. The van der Waals surface area contributed by atoms with Crippen molar-refractivity contribution in [2.75, 3.05) is 6.54 Å². The lowest BCUT2D eigenvalue weighted by Crippen LogP contribution is -2.34. The lowest BCUT2D eigenvalue weighted by atomic mass is 9.84. The molecule has 0 radical (unpaired) electrons. The number of halogens is 1. The normalized spacial score (nSPS) is 16.7. The molecule has 1 saturated carbocycles. The fourth-order valence-electron chi connectivity index (χ4n) is 1.79. The predicted molar refractivity (Wildman–Crippen MR) is 65.5 cm³/mol. The predicted octanol–water partition coefficient (Wildman–Crippen LogP) is 3.37. The van der Waals surface area contributed by atoms with E-state index in [9.17, 15) is 0 Å². The van der Waals surface area contributed by atoms with E-state index in [4.69, 9.17) is 11.6 Å². The number of hydrogen-bond donors (Lipinski definition) is 1. The third-order valence-corrected chi connectivity index (χ3v) is 3.34. The summed E-state index contributed by atoms with van der Waals surface area (Å²) in [6.07, 6.45) is 2.66. The highest BCUT2D eigenvalue weighted by Gasteiger charge is 2.27. The molecule has 1 aliphatic rings. The van der Waals surface area contributed by atoms with Crippen LogP contribution < -0.4 is 5.32 Å². The number of benzene rings is 1. The topological polar surface area (TPSA) is 12.0 Å². The van der Waals surface area contributed by atoms with Crippen LogP contribution in [-0.4, -0.2) is 12.6 Å². The van der Waals surface area contributed by atoms with E-state index >= 15 is 0 Å². The molecule has 82 valence electrons. The van der Waals surface area contributed by atoms with Crippen LogP contribution in [0.25, 0.3) is 0 Å². The lowest BCUT2D eigenvalue weighted by molar-refractivity contribution is 0.468. The molecule has 0 atom stereocenters. The zero-order valence-corrected chi connectivity index (χ0v) is 10.1. The molecule has 0 aromatic heterocycles. The highest BCUT2D eigenvalue weighted by molar-refractivity contribution is 6.31. The molecule has 1 nitrogen and oxygen atoms in total. The van der Waals surface area contributed by atoms with Crippen molar-refractivity contribution in [1.82, 2.24) is 5.32 Å². The first-order valence-corrected chi connectivity index (χ1v) is 5.96. The van der Waals surface area contributed by atoms with Gasteiger partial charge in [0.05, 0.1) is 0 Å². The maximum absolute atomic E-state index is 6.21. The van der Waals surface area contributed by atoms with E-state index in [1.807, 2.05) is 12.1 Å². The molecule has 1 N–H and O–H groups in total. The van der Waals surface area contributed by atoms with Crippen molar-refractivity contribution in [3.05, 3.63) is 34.9 Å². The first-order chi connectivity index (χ1) is 7.09. The van der Waals surface area contributed by atoms with Gasteiger partial charge < -0.3 is 5.32 Å². The van der Waals surface area contributed by atoms with Crippen molar-refractivity contribution in [1.29, 1.82) is 0 Å². The van der Waals surface area contributed by atoms with Crippen LogP contribution in [0.1, 0.15) is 32.3 Å². The Morgan fingerprint density at radius 1 is 1.33 bits per heavy atom. The second kappa shape index (κ2) is 4.15. The van der Waals surface area contributed by atoms with Crippen molar-refractivity contribution in [2.45, 2.75) is 38.1 Å². The summed E-state index contributed by atoms with van der Waals surface area (Å²) in [5.74, 6) is 0. The molecule has 1 aromatic rings. The quantitative estimate of drug-likeness (QED) is 0.826. The molecular formula is C13H18ClN. The van der Waals surface area contributed by atoms with Crippen LogP contribution in [0.2, 0.25) is 5.02 Å². The van der Waals surface area contributed by atoms with Gasteiger partial charge in [-0.3, -0.25) is 0 Å². The average Bonchev–Trinajstić information content (AvgIpc) is 2.99. The summed E-state index contributed by atoms with van der Waals surface area (Å²) < 4.78 is 0. The van der Waals surface area contributed by atoms with E-state index in [2.05, 4.69) is 31.3 Å². The Morgan fingerprint density at radius 3 is 2.60 bits per heavy atom. The maximum atomic E-state index is 6.21. The minimum Gasteiger partial charge on any atom is -0.313 e. The standard InChI is InChI=1S/C13H18ClN/c1-13(2,9-15-10-7-8-10)11-5-3-4-6-12(11)14/h3-6,10,15H,7-9H2,1-2H3. The van der Waals surface area contributed by atoms with E-state index in [0.717, 1.165) is 17.6 Å². The molecular weight excluding hydrogens is 206 g/mol. The average molecular weight is 224 g/mol. The van der Waals surface area contributed by atoms with E-state index in [1.54, 1.807) is 0 Å². The van der Waals surface area contributed by atoms with E-state index < -0.39 is 0 Å². The minimum absolute atomic E-state index is 0.112. The Labute approximate surface area is 96.8 Å². The van der Waals surface area contributed by atoms with Crippen molar-refractivity contribution in [3.63, 3.8) is 0 Å². The van der Waals surface area contributed by atoms with Crippen LogP contribution in [0.15, 0.2) is 24.3 Å². The van der Waals surface area contributed by atoms with Gasteiger partial charge in [-0.25, -0.2) is 0 Å². The van der Waals surface area contributed by atoms with Crippen LogP contribution in [-0.2, 0) is 5.41 Å². The Kier molecular flexibility index (Phi) is 3.03. The summed E-state index contributed by atoms with van der Waals surface area (Å²) in [7, 11) is 0. The third kappa shape index (κ3) is 2.73. The van der Waals surface area contributed by atoms with Gasteiger partial charge in [0.15, 0.2) is 0 Å².